The van der Waals surface area contributed by atoms with Gasteiger partial charge in [-0.2, -0.15) is 0 Å². The van der Waals surface area contributed by atoms with Crippen LogP contribution in [0.5, 0.6) is 0 Å². The van der Waals surface area contributed by atoms with Crippen LogP contribution in [0, 0.1) is 0 Å². The van der Waals surface area contributed by atoms with E-state index >= 15 is 0 Å². The molecular weight excluding hydrogens is 306 g/mol. The number of sulfonamides is 1. The fourth-order valence-corrected chi connectivity index (χ4v) is 2.50. The number of nitrogens with one attached hydrogen (secondary N) is 1. The molecule has 96 valence electrons. The molecule has 0 aliphatic heterocycles. The lowest BCUT2D eigenvalue weighted by molar-refractivity contribution is 0.163. The minimum absolute atomic E-state index is 0.00864. The molecule has 0 atom stereocenters. The summed E-state index contributed by atoms with van der Waals surface area (Å²) in [5.74, 6) is -0.00864. The lowest BCUT2D eigenvalue weighted by atomic mass is 10.2. The monoisotopic (exact) mass is 321 g/mol. The average molecular weight is 322 g/mol. The highest BCUT2D eigenvalue weighted by Gasteiger charge is 2.10. The Kier molecular flexibility index (Phi) is 6.11. The number of halogens is 1. The highest BCUT2D eigenvalue weighted by Crippen LogP contribution is 2.15. The van der Waals surface area contributed by atoms with Gasteiger partial charge in [-0.3, -0.25) is 0 Å². The molecule has 0 amide bonds. The van der Waals surface area contributed by atoms with E-state index in [1.807, 2.05) is 31.2 Å². The molecule has 1 aromatic carbocycles. The Hall–Kier alpha value is -0.430. The summed E-state index contributed by atoms with van der Waals surface area (Å²) in [6.45, 7) is 2.87. The Balaban J connectivity index is 2.47. The maximum absolute atomic E-state index is 11.6. The molecule has 0 aliphatic rings. The summed E-state index contributed by atoms with van der Waals surface area (Å²) < 4.78 is 31.6. The summed E-state index contributed by atoms with van der Waals surface area (Å²) >= 11 is 3.37. The van der Waals surface area contributed by atoms with Crippen molar-refractivity contribution in [3.63, 3.8) is 0 Å². The summed E-state index contributed by atoms with van der Waals surface area (Å²) in [5, 5.41) is 0. The van der Waals surface area contributed by atoms with Gasteiger partial charge in [0.25, 0.3) is 0 Å². The van der Waals surface area contributed by atoms with Gasteiger partial charge < -0.3 is 4.74 Å². The van der Waals surface area contributed by atoms with E-state index in [1.165, 1.54) is 0 Å². The molecule has 1 aromatic rings. The SMILES string of the molecule is CCOCCS(=O)(=O)NCc1ccccc1Br. The predicted octanol–water partition coefficient (Wildman–Crippen LogP) is 1.90. The zero-order chi connectivity index (χ0) is 12.7. The lowest BCUT2D eigenvalue weighted by Crippen LogP contribution is -2.28. The van der Waals surface area contributed by atoms with Crippen molar-refractivity contribution in [3.05, 3.63) is 34.3 Å². The zero-order valence-electron chi connectivity index (χ0n) is 9.65. The topological polar surface area (TPSA) is 55.4 Å². The molecule has 0 radical (unpaired) electrons. The van der Waals surface area contributed by atoms with E-state index in [1.54, 1.807) is 0 Å². The molecule has 1 rings (SSSR count). The third-order valence-electron chi connectivity index (χ3n) is 2.14. The van der Waals surface area contributed by atoms with Crippen molar-refractivity contribution >= 4 is 26.0 Å². The highest BCUT2D eigenvalue weighted by molar-refractivity contribution is 9.10. The van der Waals surface area contributed by atoms with Crippen LogP contribution in [0.4, 0.5) is 0 Å². The Bertz CT molecular complexity index is 448. The molecule has 0 unspecified atom stereocenters. The Labute approximate surface area is 111 Å². The molecular formula is C11H16BrNO3S. The van der Waals surface area contributed by atoms with Crippen LogP contribution in [0.25, 0.3) is 0 Å². The molecule has 0 heterocycles. The van der Waals surface area contributed by atoms with E-state index in [2.05, 4.69) is 20.7 Å². The third-order valence-corrected chi connectivity index (χ3v) is 4.20. The number of rotatable bonds is 7. The second-order valence-corrected chi connectivity index (χ2v) is 6.21. The van der Waals surface area contributed by atoms with Gasteiger partial charge in [-0.15, -0.1) is 0 Å². The van der Waals surface area contributed by atoms with Crippen molar-refractivity contribution < 1.29 is 13.2 Å². The number of hydrogen-bond donors (Lipinski definition) is 1. The minimum atomic E-state index is -3.26. The van der Waals surface area contributed by atoms with Gasteiger partial charge in [0.15, 0.2) is 0 Å². The van der Waals surface area contributed by atoms with Gasteiger partial charge in [-0.1, -0.05) is 34.1 Å². The van der Waals surface area contributed by atoms with Crippen LogP contribution in [0.3, 0.4) is 0 Å². The van der Waals surface area contributed by atoms with E-state index in [0.29, 0.717) is 6.61 Å². The van der Waals surface area contributed by atoms with E-state index in [0.717, 1.165) is 10.0 Å². The van der Waals surface area contributed by atoms with Crippen LogP contribution in [0.2, 0.25) is 0 Å². The number of hydrogen-bond acceptors (Lipinski definition) is 3. The second kappa shape index (κ2) is 7.10. The summed E-state index contributed by atoms with van der Waals surface area (Å²) in [5.41, 5.74) is 0.910. The van der Waals surface area contributed by atoms with Gasteiger partial charge in [0.05, 0.1) is 12.4 Å². The molecule has 1 N–H and O–H groups in total. The maximum Gasteiger partial charge on any atom is 0.214 e. The molecule has 0 saturated carbocycles. The van der Waals surface area contributed by atoms with E-state index in [4.69, 9.17) is 4.74 Å². The molecule has 0 saturated heterocycles. The first-order valence-electron chi connectivity index (χ1n) is 5.33. The van der Waals surface area contributed by atoms with Gasteiger partial charge >= 0.3 is 0 Å². The second-order valence-electron chi connectivity index (χ2n) is 3.43. The maximum atomic E-state index is 11.6. The van der Waals surface area contributed by atoms with Crippen LogP contribution in [0.1, 0.15) is 12.5 Å². The number of benzene rings is 1. The standard InChI is InChI=1S/C11H16BrNO3S/c1-2-16-7-8-17(14,15)13-9-10-5-3-4-6-11(10)12/h3-6,13H,2,7-9H2,1H3. The summed E-state index contributed by atoms with van der Waals surface area (Å²) in [4.78, 5) is 0. The summed E-state index contributed by atoms with van der Waals surface area (Å²) in [7, 11) is -3.26. The van der Waals surface area contributed by atoms with Gasteiger partial charge in [0.1, 0.15) is 0 Å². The first-order chi connectivity index (χ1) is 8.05. The molecule has 6 heteroatoms. The quantitative estimate of drug-likeness (QED) is 0.780. The van der Waals surface area contributed by atoms with E-state index < -0.39 is 10.0 Å². The van der Waals surface area contributed by atoms with Crippen molar-refractivity contribution in [1.29, 1.82) is 0 Å². The molecule has 17 heavy (non-hydrogen) atoms. The normalized spacial score (nSPS) is 11.6. The average Bonchev–Trinajstić information content (AvgIpc) is 2.28. The molecule has 0 bridgehead atoms. The van der Waals surface area contributed by atoms with E-state index in [-0.39, 0.29) is 18.9 Å². The Morgan fingerprint density at radius 2 is 2.06 bits per heavy atom. The van der Waals surface area contributed by atoms with Gasteiger partial charge in [0, 0.05) is 17.6 Å². The first kappa shape index (κ1) is 14.6. The molecule has 0 spiro atoms. The zero-order valence-corrected chi connectivity index (χ0v) is 12.1. The predicted molar refractivity (Wildman–Crippen MR) is 71.3 cm³/mol. The van der Waals surface area contributed by atoms with Crippen LogP contribution in [-0.2, 0) is 21.3 Å². The van der Waals surface area contributed by atoms with Crippen molar-refractivity contribution in [2.24, 2.45) is 0 Å². The number of ether oxygens (including phenoxy) is 1. The largest absolute Gasteiger partial charge is 0.381 e. The van der Waals surface area contributed by atoms with Crippen LogP contribution in [0.15, 0.2) is 28.7 Å². The lowest BCUT2D eigenvalue weighted by Gasteiger charge is -2.08. The fourth-order valence-electron chi connectivity index (χ4n) is 1.21. The minimum Gasteiger partial charge on any atom is -0.381 e. The first-order valence-corrected chi connectivity index (χ1v) is 7.78. The highest BCUT2D eigenvalue weighted by atomic mass is 79.9. The smallest absolute Gasteiger partial charge is 0.214 e. The van der Waals surface area contributed by atoms with Crippen molar-refractivity contribution in [2.45, 2.75) is 13.5 Å². The van der Waals surface area contributed by atoms with Gasteiger partial charge in [0.2, 0.25) is 10.0 Å². The Morgan fingerprint density at radius 1 is 1.35 bits per heavy atom. The van der Waals surface area contributed by atoms with Crippen LogP contribution >= 0.6 is 15.9 Å². The van der Waals surface area contributed by atoms with Gasteiger partial charge in [-0.25, -0.2) is 13.1 Å². The van der Waals surface area contributed by atoms with Gasteiger partial charge in [-0.05, 0) is 18.6 Å². The fraction of sp³-hybridized carbons (Fsp3) is 0.455. The van der Waals surface area contributed by atoms with Crippen LogP contribution < -0.4 is 4.72 Å². The van der Waals surface area contributed by atoms with Crippen molar-refractivity contribution in [2.75, 3.05) is 19.0 Å². The Morgan fingerprint density at radius 3 is 2.71 bits per heavy atom. The molecule has 0 aromatic heterocycles. The summed E-state index contributed by atoms with van der Waals surface area (Å²) in [6.07, 6.45) is 0. The summed E-state index contributed by atoms with van der Waals surface area (Å²) in [6, 6.07) is 7.50. The molecule has 4 nitrogen and oxygen atoms in total. The van der Waals surface area contributed by atoms with E-state index in [9.17, 15) is 8.42 Å². The molecule has 0 fully saturated rings. The van der Waals surface area contributed by atoms with Crippen LogP contribution in [-0.4, -0.2) is 27.4 Å². The molecule has 0 aliphatic carbocycles. The van der Waals surface area contributed by atoms with Crippen molar-refractivity contribution in [1.82, 2.24) is 4.72 Å². The third kappa shape index (κ3) is 5.63. The van der Waals surface area contributed by atoms with Crippen molar-refractivity contribution in [3.8, 4) is 0 Å².